The van der Waals surface area contributed by atoms with Crippen LogP contribution >= 0.6 is 11.3 Å². The number of benzene rings is 1. The van der Waals surface area contributed by atoms with E-state index in [1.54, 1.807) is 5.38 Å². The highest BCUT2D eigenvalue weighted by atomic mass is 32.1. The third-order valence-electron chi connectivity index (χ3n) is 7.02. The monoisotopic (exact) mass is 613 g/mol. The van der Waals surface area contributed by atoms with Crippen molar-refractivity contribution >= 4 is 23.0 Å². The van der Waals surface area contributed by atoms with Crippen LogP contribution in [0.4, 0.5) is 26.3 Å². The van der Waals surface area contributed by atoms with Crippen LogP contribution in [0, 0.1) is 11.6 Å². The summed E-state index contributed by atoms with van der Waals surface area (Å²) in [5, 5.41) is 10.1. The predicted molar refractivity (Wildman–Crippen MR) is 140 cm³/mol. The number of nitrogens with zero attached hydrogens (tertiary/aromatic N) is 5. The van der Waals surface area contributed by atoms with Gasteiger partial charge in [0.25, 0.3) is 12.9 Å². The number of hydrogen-bond donors (Lipinski definition) is 0. The molecule has 15 heteroatoms. The van der Waals surface area contributed by atoms with Crippen LogP contribution in [0.25, 0.3) is 0 Å². The van der Waals surface area contributed by atoms with Crippen LogP contribution in [-0.4, -0.2) is 51.0 Å². The van der Waals surface area contributed by atoms with Crippen molar-refractivity contribution < 1.29 is 40.7 Å². The van der Waals surface area contributed by atoms with Crippen molar-refractivity contribution in [3.8, 4) is 5.75 Å². The van der Waals surface area contributed by atoms with Gasteiger partial charge in [-0.1, -0.05) is 17.8 Å². The average Bonchev–Trinajstić information content (AvgIpc) is 3.74. The Balaban J connectivity index is 1.19. The van der Waals surface area contributed by atoms with E-state index in [0.717, 1.165) is 11.1 Å². The molecule has 0 bridgehead atoms. The number of alkyl halides is 4. The molecule has 1 saturated heterocycles. The Morgan fingerprint density at radius 2 is 1.95 bits per heavy atom. The van der Waals surface area contributed by atoms with Gasteiger partial charge in [0.15, 0.2) is 17.7 Å². The molecule has 42 heavy (non-hydrogen) atoms. The summed E-state index contributed by atoms with van der Waals surface area (Å²) in [7, 11) is 0. The molecular formula is C27H25F6N5O3S. The average molecular weight is 614 g/mol. The fourth-order valence-corrected chi connectivity index (χ4v) is 5.88. The molecule has 1 unspecified atom stereocenters. The second-order valence-electron chi connectivity index (χ2n) is 9.69. The molecule has 0 N–H and O–H groups in total. The number of carbonyl (C=O) groups is 1. The first-order chi connectivity index (χ1) is 20.2. The van der Waals surface area contributed by atoms with Crippen LogP contribution in [0.1, 0.15) is 71.8 Å². The van der Waals surface area contributed by atoms with Crippen LogP contribution in [-0.2, 0) is 16.2 Å². The van der Waals surface area contributed by atoms with E-state index in [-0.39, 0.29) is 30.3 Å². The predicted octanol–water partition coefficient (Wildman–Crippen LogP) is 6.33. The Hall–Kier alpha value is -3.88. The van der Waals surface area contributed by atoms with Crippen molar-refractivity contribution in [2.75, 3.05) is 19.7 Å². The van der Waals surface area contributed by atoms with E-state index >= 15 is 0 Å². The number of oxime groups is 1. The van der Waals surface area contributed by atoms with E-state index < -0.39 is 54.4 Å². The van der Waals surface area contributed by atoms with Gasteiger partial charge in [-0.25, -0.2) is 31.3 Å². The van der Waals surface area contributed by atoms with Crippen molar-refractivity contribution in [1.82, 2.24) is 19.7 Å². The summed E-state index contributed by atoms with van der Waals surface area (Å²) in [6.07, 6.45) is -4.27. The van der Waals surface area contributed by atoms with Crippen molar-refractivity contribution in [3.05, 3.63) is 75.5 Å². The van der Waals surface area contributed by atoms with Gasteiger partial charge in [0.05, 0.1) is 16.3 Å². The maximum atomic E-state index is 14.7. The van der Waals surface area contributed by atoms with Gasteiger partial charge in [0.2, 0.25) is 5.91 Å². The lowest BCUT2D eigenvalue weighted by molar-refractivity contribution is -0.133. The molecule has 3 aromatic rings. The first-order valence-corrected chi connectivity index (χ1v) is 13.9. The van der Waals surface area contributed by atoms with E-state index in [0.29, 0.717) is 48.1 Å². The topological polar surface area (TPSA) is 81.8 Å². The van der Waals surface area contributed by atoms with Gasteiger partial charge in [-0.2, -0.15) is 5.10 Å². The zero-order chi connectivity index (χ0) is 30.0. The first kappa shape index (κ1) is 29.6. The smallest absolute Gasteiger partial charge is 0.282 e. The fraction of sp³-hybridized carbons (Fsp3) is 0.407. The third-order valence-corrected chi connectivity index (χ3v) is 8.02. The maximum Gasteiger partial charge on any atom is 0.282 e. The normalized spacial score (nSPS) is 17.6. The SMILES string of the molecule is C=CCOc1ccc(F)c(F)c1C1CC(c2csc(C3CCN(C(=O)Cn4nc(C(F)F)cc4C(F)F)CC3)n2)=NO1. The van der Waals surface area contributed by atoms with Crippen LogP contribution in [0.5, 0.6) is 5.75 Å². The largest absolute Gasteiger partial charge is 0.489 e. The van der Waals surface area contributed by atoms with Gasteiger partial charge in [-0.15, -0.1) is 11.3 Å². The highest BCUT2D eigenvalue weighted by Crippen LogP contribution is 2.39. The highest BCUT2D eigenvalue weighted by Gasteiger charge is 2.33. The third kappa shape index (κ3) is 6.15. The summed E-state index contributed by atoms with van der Waals surface area (Å²) in [4.78, 5) is 24.3. The number of aromatic nitrogens is 3. The minimum atomic E-state index is -3.05. The second-order valence-corrected chi connectivity index (χ2v) is 10.6. The fourth-order valence-electron chi connectivity index (χ4n) is 4.88. The van der Waals surface area contributed by atoms with E-state index in [4.69, 9.17) is 9.57 Å². The van der Waals surface area contributed by atoms with Crippen LogP contribution < -0.4 is 4.74 Å². The molecule has 1 fully saturated rings. The summed E-state index contributed by atoms with van der Waals surface area (Å²) in [6.45, 7) is 3.73. The molecule has 2 aromatic heterocycles. The minimum absolute atomic E-state index is 0.0119. The maximum absolute atomic E-state index is 14.7. The van der Waals surface area contributed by atoms with Gasteiger partial charge < -0.3 is 14.5 Å². The molecular weight excluding hydrogens is 588 g/mol. The number of hydrogen-bond acceptors (Lipinski definition) is 7. The van der Waals surface area contributed by atoms with Gasteiger partial charge >= 0.3 is 0 Å². The van der Waals surface area contributed by atoms with Crippen LogP contribution in [0.15, 0.2) is 41.4 Å². The number of ether oxygens (including phenoxy) is 1. The molecule has 2 aliphatic rings. The quantitative estimate of drug-likeness (QED) is 0.197. The minimum Gasteiger partial charge on any atom is -0.489 e. The summed E-state index contributed by atoms with van der Waals surface area (Å²) < 4.78 is 87.2. The number of amides is 1. The summed E-state index contributed by atoms with van der Waals surface area (Å²) in [5.41, 5.74) is -0.613. The van der Waals surface area contributed by atoms with E-state index in [1.165, 1.54) is 28.4 Å². The van der Waals surface area contributed by atoms with Gasteiger partial charge in [-0.05, 0) is 31.0 Å². The Morgan fingerprint density at radius 3 is 2.64 bits per heavy atom. The molecule has 5 rings (SSSR count). The lowest BCUT2D eigenvalue weighted by atomic mass is 9.97. The number of carbonyl (C=O) groups excluding carboxylic acids is 1. The van der Waals surface area contributed by atoms with Crippen molar-refractivity contribution in [2.45, 2.75) is 50.7 Å². The number of rotatable bonds is 10. The molecule has 0 radical (unpaired) electrons. The van der Waals surface area contributed by atoms with E-state index in [2.05, 4.69) is 21.8 Å². The summed E-state index contributed by atoms with van der Waals surface area (Å²) >= 11 is 1.39. The van der Waals surface area contributed by atoms with Crippen LogP contribution in [0.3, 0.4) is 0 Å². The zero-order valence-corrected chi connectivity index (χ0v) is 22.8. The number of thiazole rings is 1. The molecule has 1 atom stereocenters. The van der Waals surface area contributed by atoms with Crippen molar-refractivity contribution in [2.24, 2.45) is 5.16 Å². The Bertz CT molecular complexity index is 1480. The Kier molecular flexibility index (Phi) is 8.85. The molecule has 224 valence electrons. The van der Waals surface area contributed by atoms with Gasteiger partial charge in [0, 0.05) is 30.8 Å². The standard InChI is InChI=1S/C27H25F6N5O3S/c1-2-9-40-20-4-3-15(28)24(29)23(20)21-11-16(36-41-21)18-13-42-27(34-18)14-5-7-37(8-6-14)22(39)12-38-19(26(32)33)10-17(35-38)25(30)31/h2-4,10,13-14,21,25-26H,1,5-9,11-12H2. The molecule has 0 saturated carbocycles. The molecule has 0 spiro atoms. The second kappa shape index (κ2) is 12.5. The molecule has 2 aliphatic heterocycles. The summed E-state index contributed by atoms with van der Waals surface area (Å²) in [5.74, 6) is -2.47. The Labute approximate surface area is 240 Å². The summed E-state index contributed by atoms with van der Waals surface area (Å²) in [6, 6.07) is 2.91. The molecule has 0 aliphatic carbocycles. The van der Waals surface area contributed by atoms with Crippen LogP contribution in [0.2, 0.25) is 0 Å². The first-order valence-electron chi connectivity index (χ1n) is 13.0. The lowest BCUT2D eigenvalue weighted by Crippen LogP contribution is -2.40. The van der Waals surface area contributed by atoms with E-state index in [9.17, 15) is 31.1 Å². The molecule has 4 heterocycles. The molecule has 1 aromatic carbocycles. The number of halogens is 6. The van der Waals surface area contributed by atoms with Crippen molar-refractivity contribution in [3.63, 3.8) is 0 Å². The highest BCUT2D eigenvalue weighted by molar-refractivity contribution is 7.10. The number of piperidine rings is 1. The molecule has 1 amide bonds. The van der Waals surface area contributed by atoms with Gasteiger partial charge in [0.1, 0.15) is 36.0 Å². The van der Waals surface area contributed by atoms with Crippen molar-refractivity contribution in [1.29, 1.82) is 0 Å². The number of likely N-dealkylation sites (tertiary alicyclic amines) is 1. The Morgan fingerprint density at radius 1 is 1.19 bits per heavy atom. The lowest BCUT2D eigenvalue weighted by Gasteiger charge is -2.31. The molecule has 8 nitrogen and oxygen atoms in total. The zero-order valence-electron chi connectivity index (χ0n) is 22.0. The van der Waals surface area contributed by atoms with Gasteiger partial charge in [-0.3, -0.25) is 9.48 Å². The van der Waals surface area contributed by atoms with E-state index in [1.807, 2.05) is 0 Å².